The quantitative estimate of drug-likeness (QED) is 0.791. The van der Waals surface area contributed by atoms with Crippen molar-refractivity contribution in [2.75, 3.05) is 0 Å². The van der Waals surface area contributed by atoms with Crippen LogP contribution in [0.2, 0.25) is 0 Å². The van der Waals surface area contributed by atoms with Crippen molar-refractivity contribution in [3.8, 4) is 0 Å². The Morgan fingerprint density at radius 1 is 1.50 bits per heavy atom. The molecule has 1 aromatic rings. The topological polar surface area (TPSA) is 37.8 Å². The van der Waals surface area contributed by atoms with Crippen LogP contribution in [0, 0.1) is 5.92 Å². The summed E-state index contributed by atoms with van der Waals surface area (Å²) in [5.74, 6) is 0.812. The number of hydrogen-bond donors (Lipinski definition) is 1. The van der Waals surface area contributed by atoms with E-state index in [0.717, 1.165) is 18.2 Å². The first-order chi connectivity index (χ1) is 6.86. The summed E-state index contributed by atoms with van der Waals surface area (Å²) >= 11 is 0. The maximum atomic E-state index is 4.05. The Hall–Kier alpha value is -0.960. The minimum atomic E-state index is 0.678. The third kappa shape index (κ3) is 2.29. The molecule has 1 N–H and O–H groups in total. The van der Waals surface area contributed by atoms with Gasteiger partial charge in [0.15, 0.2) is 0 Å². The van der Waals surface area contributed by atoms with Crippen molar-refractivity contribution in [3.05, 3.63) is 24.0 Å². The SMILES string of the molecule is CC1CCCC1NCc1cccnn1. The van der Waals surface area contributed by atoms with Gasteiger partial charge in [0.05, 0.1) is 5.69 Å². The monoisotopic (exact) mass is 191 g/mol. The van der Waals surface area contributed by atoms with E-state index in [4.69, 9.17) is 0 Å². The van der Waals surface area contributed by atoms with Crippen molar-refractivity contribution in [2.24, 2.45) is 5.92 Å². The van der Waals surface area contributed by atoms with E-state index < -0.39 is 0 Å². The van der Waals surface area contributed by atoms with Gasteiger partial charge in [-0.15, -0.1) is 0 Å². The predicted octanol–water partition coefficient (Wildman–Crippen LogP) is 1.75. The van der Waals surface area contributed by atoms with Crippen LogP contribution in [0.4, 0.5) is 0 Å². The van der Waals surface area contributed by atoms with E-state index in [9.17, 15) is 0 Å². The lowest BCUT2D eigenvalue weighted by Gasteiger charge is -2.16. The summed E-state index contributed by atoms with van der Waals surface area (Å²) < 4.78 is 0. The van der Waals surface area contributed by atoms with E-state index in [-0.39, 0.29) is 0 Å². The molecular weight excluding hydrogens is 174 g/mol. The molecule has 0 bridgehead atoms. The molecule has 0 saturated heterocycles. The van der Waals surface area contributed by atoms with Gasteiger partial charge in [0.2, 0.25) is 0 Å². The number of rotatable bonds is 3. The highest BCUT2D eigenvalue weighted by Crippen LogP contribution is 2.24. The van der Waals surface area contributed by atoms with Gasteiger partial charge in [-0.3, -0.25) is 0 Å². The lowest BCUT2D eigenvalue weighted by molar-refractivity contribution is 0.423. The van der Waals surface area contributed by atoms with Crippen LogP contribution in [0.3, 0.4) is 0 Å². The average molecular weight is 191 g/mol. The Morgan fingerprint density at radius 3 is 3.07 bits per heavy atom. The number of nitrogens with one attached hydrogen (secondary N) is 1. The summed E-state index contributed by atoms with van der Waals surface area (Å²) in [6.07, 6.45) is 5.74. The number of aromatic nitrogens is 2. The van der Waals surface area contributed by atoms with Crippen LogP contribution in [0.5, 0.6) is 0 Å². The zero-order valence-electron chi connectivity index (χ0n) is 8.61. The molecule has 3 heteroatoms. The van der Waals surface area contributed by atoms with Gasteiger partial charge in [-0.25, -0.2) is 0 Å². The molecule has 0 radical (unpaired) electrons. The van der Waals surface area contributed by atoms with E-state index in [1.54, 1.807) is 6.20 Å². The van der Waals surface area contributed by atoms with Crippen molar-refractivity contribution in [3.63, 3.8) is 0 Å². The second kappa shape index (κ2) is 4.51. The van der Waals surface area contributed by atoms with Crippen molar-refractivity contribution in [1.29, 1.82) is 0 Å². The first-order valence-corrected chi connectivity index (χ1v) is 5.36. The highest BCUT2D eigenvalue weighted by molar-refractivity contribution is 4.99. The number of nitrogens with zero attached hydrogens (tertiary/aromatic N) is 2. The summed E-state index contributed by atoms with van der Waals surface area (Å²) in [6, 6.07) is 4.62. The molecule has 0 amide bonds. The van der Waals surface area contributed by atoms with E-state index in [2.05, 4.69) is 22.4 Å². The van der Waals surface area contributed by atoms with Crippen LogP contribution in [0.1, 0.15) is 31.9 Å². The minimum Gasteiger partial charge on any atom is -0.308 e. The van der Waals surface area contributed by atoms with E-state index in [1.807, 2.05) is 12.1 Å². The van der Waals surface area contributed by atoms with Crippen LogP contribution in [0.25, 0.3) is 0 Å². The van der Waals surface area contributed by atoms with Gasteiger partial charge in [-0.1, -0.05) is 13.3 Å². The van der Waals surface area contributed by atoms with E-state index in [0.29, 0.717) is 6.04 Å². The Labute approximate surface area is 84.9 Å². The molecule has 1 aliphatic rings. The van der Waals surface area contributed by atoms with Crippen molar-refractivity contribution < 1.29 is 0 Å². The molecule has 76 valence electrons. The normalized spacial score (nSPS) is 26.6. The predicted molar refractivity (Wildman–Crippen MR) is 55.7 cm³/mol. The molecular formula is C11H17N3. The first kappa shape index (κ1) is 9.59. The van der Waals surface area contributed by atoms with Gasteiger partial charge in [0.25, 0.3) is 0 Å². The molecule has 1 saturated carbocycles. The molecule has 2 atom stereocenters. The largest absolute Gasteiger partial charge is 0.308 e. The number of hydrogen-bond acceptors (Lipinski definition) is 3. The Kier molecular flexibility index (Phi) is 3.09. The average Bonchev–Trinajstić information content (AvgIpc) is 2.63. The van der Waals surface area contributed by atoms with Crippen LogP contribution >= 0.6 is 0 Å². The minimum absolute atomic E-state index is 0.678. The molecule has 14 heavy (non-hydrogen) atoms. The molecule has 0 spiro atoms. The maximum absolute atomic E-state index is 4.05. The second-order valence-corrected chi connectivity index (χ2v) is 4.11. The molecule has 0 aromatic carbocycles. The van der Waals surface area contributed by atoms with Gasteiger partial charge in [-0.2, -0.15) is 10.2 Å². The van der Waals surface area contributed by atoms with Crippen LogP contribution in [-0.2, 0) is 6.54 Å². The third-order valence-electron chi connectivity index (χ3n) is 3.03. The Morgan fingerprint density at radius 2 is 2.43 bits per heavy atom. The Balaban J connectivity index is 1.82. The molecule has 3 nitrogen and oxygen atoms in total. The molecule has 1 aromatic heterocycles. The van der Waals surface area contributed by atoms with Crippen molar-refractivity contribution in [1.82, 2.24) is 15.5 Å². The first-order valence-electron chi connectivity index (χ1n) is 5.36. The Bertz CT molecular complexity index is 273. The van der Waals surface area contributed by atoms with Gasteiger partial charge >= 0.3 is 0 Å². The molecule has 0 aliphatic heterocycles. The molecule has 1 aliphatic carbocycles. The van der Waals surface area contributed by atoms with Gasteiger partial charge in [-0.05, 0) is 30.9 Å². The third-order valence-corrected chi connectivity index (χ3v) is 3.03. The molecule has 1 heterocycles. The zero-order chi connectivity index (χ0) is 9.80. The summed E-state index contributed by atoms with van der Waals surface area (Å²) in [4.78, 5) is 0. The van der Waals surface area contributed by atoms with Gasteiger partial charge in [0, 0.05) is 18.8 Å². The van der Waals surface area contributed by atoms with Crippen molar-refractivity contribution >= 4 is 0 Å². The standard InChI is InChI=1S/C11H17N3/c1-9-4-2-6-11(9)12-8-10-5-3-7-13-14-10/h3,5,7,9,11-12H,2,4,6,8H2,1H3. The van der Waals surface area contributed by atoms with E-state index >= 15 is 0 Å². The fraction of sp³-hybridized carbons (Fsp3) is 0.636. The van der Waals surface area contributed by atoms with Crippen LogP contribution in [-0.4, -0.2) is 16.2 Å². The van der Waals surface area contributed by atoms with Crippen molar-refractivity contribution in [2.45, 2.75) is 38.8 Å². The highest BCUT2D eigenvalue weighted by Gasteiger charge is 2.22. The molecule has 1 fully saturated rings. The van der Waals surface area contributed by atoms with Crippen LogP contribution < -0.4 is 5.32 Å². The molecule has 2 unspecified atom stereocenters. The summed E-state index contributed by atoms with van der Waals surface area (Å²) in [7, 11) is 0. The van der Waals surface area contributed by atoms with Gasteiger partial charge < -0.3 is 5.32 Å². The smallest absolute Gasteiger partial charge is 0.0769 e. The van der Waals surface area contributed by atoms with Crippen LogP contribution in [0.15, 0.2) is 18.3 Å². The molecule has 2 rings (SSSR count). The second-order valence-electron chi connectivity index (χ2n) is 4.11. The fourth-order valence-electron chi connectivity index (χ4n) is 2.11. The summed E-state index contributed by atoms with van der Waals surface area (Å²) in [6.45, 7) is 3.17. The lowest BCUT2D eigenvalue weighted by atomic mass is 10.1. The zero-order valence-corrected chi connectivity index (χ0v) is 8.61. The van der Waals surface area contributed by atoms with E-state index in [1.165, 1.54) is 19.3 Å². The summed E-state index contributed by atoms with van der Waals surface area (Å²) in [5, 5.41) is 11.5. The lowest BCUT2D eigenvalue weighted by Crippen LogP contribution is -2.30. The highest BCUT2D eigenvalue weighted by atomic mass is 15.1. The maximum Gasteiger partial charge on any atom is 0.0769 e. The fourth-order valence-corrected chi connectivity index (χ4v) is 2.11. The summed E-state index contributed by atoms with van der Waals surface area (Å²) in [5.41, 5.74) is 1.03. The van der Waals surface area contributed by atoms with Gasteiger partial charge in [0.1, 0.15) is 0 Å².